The van der Waals surface area contributed by atoms with E-state index in [0.29, 0.717) is 37.0 Å². The molecule has 0 unspecified atom stereocenters. The first-order valence-electron chi connectivity index (χ1n) is 15.4. The van der Waals surface area contributed by atoms with Crippen LogP contribution in [0.15, 0.2) is 36.4 Å². The number of ether oxygens (including phenoxy) is 1. The minimum atomic E-state index is -2.36. The highest BCUT2D eigenvalue weighted by atomic mass is 16.5. The summed E-state index contributed by atoms with van der Waals surface area (Å²) in [7, 11) is 1.19. The molecule has 9 heteroatoms. The highest BCUT2D eigenvalue weighted by molar-refractivity contribution is 5.92. The molecule has 42 heavy (non-hydrogen) atoms. The minimum Gasteiger partial charge on any atom is -0.508 e. The zero-order valence-corrected chi connectivity index (χ0v) is 25.6. The van der Waals surface area contributed by atoms with Crippen LogP contribution in [-0.4, -0.2) is 57.7 Å². The van der Waals surface area contributed by atoms with Crippen LogP contribution in [0.4, 0.5) is 0 Å². The molecule has 0 heterocycles. The number of carboxylic acids is 1. The molecule has 0 saturated carbocycles. The van der Waals surface area contributed by atoms with E-state index in [0.717, 1.165) is 38.5 Å². The first kappa shape index (κ1) is 36.8. The number of methoxy groups -OCH3 is 1. The van der Waals surface area contributed by atoms with Crippen molar-refractivity contribution in [2.45, 2.75) is 122 Å². The van der Waals surface area contributed by atoms with Gasteiger partial charge >= 0.3 is 11.9 Å². The highest BCUT2D eigenvalue weighted by Crippen LogP contribution is 2.27. The zero-order valence-electron chi connectivity index (χ0n) is 25.6. The van der Waals surface area contributed by atoms with Crippen molar-refractivity contribution in [1.29, 1.82) is 0 Å². The SMILES string of the molecule is CCCCCCCC(=O)CCCCCC/C=C/[C@H](C(=O)N[C@@H](Cc1ccc(O)cc1)C(=O)OC)[C@@](O)(CCC)C(=O)O. The molecular weight excluding hydrogens is 538 g/mol. The summed E-state index contributed by atoms with van der Waals surface area (Å²) in [5.41, 5.74) is -1.71. The molecule has 0 spiro atoms. The van der Waals surface area contributed by atoms with Crippen molar-refractivity contribution >= 4 is 23.6 Å². The maximum absolute atomic E-state index is 13.4. The maximum Gasteiger partial charge on any atom is 0.336 e. The van der Waals surface area contributed by atoms with Crippen molar-refractivity contribution in [3.63, 3.8) is 0 Å². The van der Waals surface area contributed by atoms with Gasteiger partial charge in [-0.2, -0.15) is 0 Å². The van der Waals surface area contributed by atoms with Gasteiger partial charge in [-0.3, -0.25) is 9.59 Å². The molecule has 9 nitrogen and oxygen atoms in total. The van der Waals surface area contributed by atoms with E-state index in [1.165, 1.54) is 44.6 Å². The number of carbonyl (C=O) groups is 4. The van der Waals surface area contributed by atoms with Crippen molar-refractivity contribution in [1.82, 2.24) is 5.32 Å². The molecule has 0 aromatic heterocycles. The van der Waals surface area contributed by atoms with Gasteiger partial charge < -0.3 is 25.4 Å². The van der Waals surface area contributed by atoms with E-state index in [4.69, 9.17) is 4.74 Å². The van der Waals surface area contributed by atoms with Gasteiger partial charge in [-0.15, -0.1) is 0 Å². The molecule has 236 valence electrons. The predicted octanol–water partition coefficient (Wildman–Crippen LogP) is 5.65. The van der Waals surface area contributed by atoms with Gasteiger partial charge in [0.1, 0.15) is 17.6 Å². The van der Waals surface area contributed by atoms with Crippen molar-refractivity contribution < 1.29 is 39.2 Å². The van der Waals surface area contributed by atoms with E-state index in [-0.39, 0.29) is 18.6 Å². The summed E-state index contributed by atoms with van der Waals surface area (Å²) in [6.07, 6.45) is 14.3. The first-order chi connectivity index (χ1) is 20.1. The minimum absolute atomic E-state index is 0.0512. The number of carbonyl (C=O) groups excluding carboxylic acids is 3. The number of Topliss-reactive ketones (excluding diaryl/α,β-unsaturated/α-hetero) is 1. The Hall–Kier alpha value is -3.20. The summed E-state index contributed by atoms with van der Waals surface area (Å²) in [6.45, 7) is 3.88. The molecule has 1 rings (SSSR count). The van der Waals surface area contributed by atoms with Crippen molar-refractivity contribution in [2.24, 2.45) is 5.92 Å². The molecule has 4 N–H and O–H groups in total. The average Bonchev–Trinajstić information content (AvgIpc) is 2.96. The number of carboxylic acid groups (broad SMARTS) is 1. The number of unbranched alkanes of at least 4 members (excludes halogenated alkanes) is 8. The van der Waals surface area contributed by atoms with Crippen LogP contribution in [0.25, 0.3) is 0 Å². The van der Waals surface area contributed by atoms with E-state index in [1.54, 1.807) is 25.1 Å². The van der Waals surface area contributed by atoms with Crippen LogP contribution in [0.1, 0.15) is 109 Å². The molecule has 0 aliphatic carbocycles. The van der Waals surface area contributed by atoms with Gasteiger partial charge in [-0.25, -0.2) is 9.59 Å². The largest absolute Gasteiger partial charge is 0.508 e. The van der Waals surface area contributed by atoms with Crippen LogP contribution in [0, 0.1) is 5.92 Å². The maximum atomic E-state index is 13.4. The molecule has 0 aliphatic heterocycles. The highest BCUT2D eigenvalue weighted by Gasteiger charge is 2.46. The Morgan fingerprint density at radius 3 is 2.05 bits per heavy atom. The average molecular weight is 590 g/mol. The Morgan fingerprint density at radius 1 is 0.905 bits per heavy atom. The van der Waals surface area contributed by atoms with Crippen LogP contribution < -0.4 is 5.32 Å². The number of aliphatic carboxylic acids is 1. The number of benzene rings is 1. The number of nitrogens with one attached hydrogen (secondary N) is 1. The van der Waals surface area contributed by atoms with Crippen LogP contribution in [0.3, 0.4) is 0 Å². The van der Waals surface area contributed by atoms with Gasteiger partial charge in [0.15, 0.2) is 5.60 Å². The van der Waals surface area contributed by atoms with Crippen LogP contribution in [-0.2, 0) is 30.3 Å². The predicted molar refractivity (Wildman–Crippen MR) is 162 cm³/mol. The molecule has 0 bridgehead atoms. The third kappa shape index (κ3) is 13.6. The summed E-state index contributed by atoms with van der Waals surface area (Å²) < 4.78 is 4.84. The smallest absolute Gasteiger partial charge is 0.336 e. The second-order valence-electron chi connectivity index (χ2n) is 11.0. The van der Waals surface area contributed by atoms with E-state index >= 15 is 0 Å². The lowest BCUT2D eigenvalue weighted by Crippen LogP contribution is -2.54. The summed E-state index contributed by atoms with van der Waals surface area (Å²) >= 11 is 0. The number of amides is 1. The standard InChI is InChI=1S/C33H51NO8/c1-4-6-7-10-13-16-26(35)17-14-11-8-9-12-15-18-28(33(41,23-5-2)32(39)40)30(37)34-29(31(38)42-3)24-25-19-21-27(36)22-20-25/h15,18-22,28-29,36,41H,4-14,16-17,23-24H2,1-3H3,(H,34,37)(H,39,40)/b18-15+/t28-,29+,33+/m1/s1. The second-order valence-corrected chi connectivity index (χ2v) is 11.0. The van der Waals surface area contributed by atoms with Crippen LogP contribution in [0.5, 0.6) is 5.75 Å². The van der Waals surface area contributed by atoms with Crippen LogP contribution in [0.2, 0.25) is 0 Å². The molecule has 0 radical (unpaired) electrons. The number of esters is 1. The number of allylic oxidation sites excluding steroid dienone is 1. The number of rotatable bonds is 23. The van der Waals surface area contributed by atoms with Gasteiger partial charge in [0.2, 0.25) is 5.91 Å². The second kappa shape index (κ2) is 20.6. The van der Waals surface area contributed by atoms with Crippen LogP contribution >= 0.6 is 0 Å². The lowest BCUT2D eigenvalue weighted by Gasteiger charge is -2.30. The van der Waals surface area contributed by atoms with E-state index in [2.05, 4.69) is 12.2 Å². The number of phenolic OH excluding ortho intramolecular Hbond substituents is 1. The quantitative estimate of drug-likeness (QED) is 0.0726. The normalized spacial score (nSPS) is 14.2. The number of hydrogen-bond acceptors (Lipinski definition) is 7. The molecule has 1 amide bonds. The number of phenols is 1. The van der Waals surface area contributed by atoms with Gasteiger partial charge in [-0.1, -0.05) is 83.1 Å². The lowest BCUT2D eigenvalue weighted by molar-refractivity contribution is -0.167. The van der Waals surface area contributed by atoms with Gasteiger partial charge in [0.05, 0.1) is 13.0 Å². The third-order valence-electron chi connectivity index (χ3n) is 7.44. The Kier molecular flexibility index (Phi) is 18.1. The summed E-state index contributed by atoms with van der Waals surface area (Å²) in [4.78, 5) is 50.0. The Balaban J connectivity index is 2.76. The summed E-state index contributed by atoms with van der Waals surface area (Å²) in [5.74, 6) is -4.10. The number of hydrogen-bond donors (Lipinski definition) is 4. The first-order valence-corrected chi connectivity index (χ1v) is 15.4. The fourth-order valence-electron chi connectivity index (χ4n) is 4.93. The molecule has 1 aromatic carbocycles. The molecule has 0 fully saturated rings. The number of aliphatic hydroxyl groups is 1. The fourth-order valence-corrected chi connectivity index (χ4v) is 4.93. The monoisotopic (exact) mass is 589 g/mol. The number of aromatic hydroxyl groups is 1. The summed E-state index contributed by atoms with van der Waals surface area (Å²) in [5, 5.41) is 33.0. The van der Waals surface area contributed by atoms with Gasteiger partial charge in [0.25, 0.3) is 0 Å². The van der Waals surface area contributed by atoms with Crippen molar-refractivity contribution in [3.8, 4) is 5.75 Å². The van der Waals surface area contributed by atoms with Gasteiger partial charge in [-0.05, 0) is 49.8 Å². The lowest BCUT2D eigenvalue weighted by atomic mass is 9.82. The number of ketones is 1. The molecule has 1 aromatic rings. The Morgan fingerprint density at radius 2 is 1.50 bits per heavy atom. The molecule has 0 aliphatic rings. The topological polar surface area (TPSA) is 150 Å². The van der Waals surface area contributed by atoms with E-state index < -0.39 is 35.4 Å². The van der Waals surface area contributed by atoms with Gasteiger partial charge in [0, 0.05) is 19.3 Å². The summed E-state index contributed by atoms with van der Waals surface area (Å²) in [6, 6.07) is 4.99. The van der Waals surface area contributed by atoms with E-state index in [9.17, 15) is 34.5 Å². The third-order valence-corrected chi connectivity index (χ3v) is 7.44. The molecule has 3 atom stereocenters. The molecule has 0 saturated heterocycles. The van der Waals surface area contributed by atoms with Crippen molar-refractivity contribution in [2.75, 3.05) is 7.11 Å². The van der Waals surface area contributed by atoms with Crippen molar-refractivity contribution in [3.05, 3.63) is 42.0 Å². The fraction of sp³-hybridized carbons (Fsp3) is 0.636. The Labute approximate surface area is 250 Å². The zero-order chi connectivity index (χ0) is 31.4. The molecular formula is C33H51NO8. The Bertz CT molecular complexity index is 990. The van der Waals surface area contributed by atoms with E-state index in [1.807, 2.05) is 0 Å².